The SMILES string of the molecule is COC(=O)/C=C(/OC)[C@H](C)[C@@H](/C=C/c1csc(-c2csc(C(C)(C)O)n2)n1)OC. The van der Waals surface area contributed by atoms with E-state index in [0.29, 0.717) is 10.8 Å². The lowest BCUT2D eigenvalue weighted by Crippen LogP contribution is -2.21. The van der Waals surface area contributed by atoms with Crippen molar-refractivity contribution in [2.24, 2.45) is 5.92 Å². The molecule has 158 valence electrons. The average molecular weight is 439 g/mol. The normalized spacial score (nSPS) is 14.8. The largest absolute Gasteiger partial charge is 0.500 e. The molecule has 2 aromatic heterocycles. The highest BCUT2D eigenvalue weighted by atomic mass is 32.1. The molecule has 2 atom stereocenters. The number of hydrogen-bond donors (Lipinski definition) is 1. The Hall–Kier alpha value is -2.07. The third-order valence-corrected chi connectivity index (χ3v) is 6.17. The Kier molecular flexibility index (Phi) is 8.09. The molecule has 0 aliphatic carbocycles. The Morgan fingerprint density at radius 3 is 2.45 bits per heavy atom. The zero-order valence-electron chi connectivity index (χ0n) is 17.3. The highest BCUT2D eigenvalue weighted by Crippen LogP contribution is 2.30. The van der Waals surface area contributed by atoms with E-state index >= 15 is 0 Å². The van der Waals surface area contributed by atoms with Gasteiger partial charge in [0.15, 0.2) is 0 Å². The highest BCUT2D eigenvalue weighted by molar-refractivity contribution is 7.14. The van der Waals surface area contributed by atoms with E-state index in [1.54, 1.807) is 21.0 Å². The van der Waals surface area contributed by atoms with Gasteiger partial charge in [0, 0.05) is 23.8 Å². The van der Waals surface area contributed by atoms with Crippen molar-refractivity contribution in [3.8, 4) is 10.7 Å². The molecule has 0 radical (unpaired) electrons. The van der Waals surface area contributed by atoms with E-state index < -0.39 is 11.6 Å². The van der Waals surface area contributed by atoms with Gasteiger partial charge in [0.2, 0.25) is 0 Å². The van der Waals surface area contributed by atoms with Gasteiger partial charge in [-0.25, -0.2) is 14.8 Å². The molecule has 0 aliphatic heterocycles. The third-order valence-electron chi connectivity index (χ3n) is 4.14. The predicted molar refractivity (Wildman–Crippen MR) is 115 cm³/mol. The number of aliphatic hydroxyl groups is 1. The molecule has 7 nitrogen and oxygen atoms in total. The van der Waals surface area contributed by atoms with Crippen LogP contribution in [0.4, 0.5) is 0 Å². The second kappa shape index (κ2) is 10.1. The maximum atomic E-state index is 11.5. The maximum Gasteiger partial charge on any atom is 0.333 e. The quantitative estimate of drug-likeness (QED) is 0.361. The van der Waals surface area contributed by atoms with Gasteiger partial charge in [-0.1, -0.05) is 13.0 Å². The number of rotatable bonds is 9. The topological polar surface area (TPSA) is 90.8 Å². The number of nitrogens with zero attached hydrogens (tertiary/aromatic N) is 2. The zero-order chi connectivity index (χ0) is 21.6. The van der Waals surface area contributed by atoms with Crippen molar-refractivity contribution < 1.29 is 24.1 Å². The van der Waals surface area contributed by atoms with E-state index in [9.17, 15) is 9.90 Å². The van der Waals surface area contributed by atoms with Gasteiger partial charge >= 0.3 is 5.97 Å². The van der Waals surface area contributed by atoms with Crippen LogP contribution in [0.15, 0.2) is 28.7 Å². The minimum Gasteiger partial charge on any atom is -0.500 e. The smallest absolute Gasteiger partial charge is 0.333 e. The summed E-state index contributed by atoms with van der Waals surface area (Å²) in [4.78, 5) is 20.6. The maximum absolute atomic E-state index is 11.5. The molecule has 2 aromatic rings. The Balaban J connectivity index is 2.15. The van der Waals surface area contributed by atoms with Crippen LogP contribution in [0.5, 0.6) is 0 Å². The molecule has 0 aromatic carbocycles. The van der Waals surface area contributed by atoms with Crippen molar-refractivity contribution in [1.82, 2.24) is 9.97 Å². The van der Waals surface area contributed by atoms with E-state index in [4.69, 9.17) is 9.47 Å². The summed E-state index contributed by atoms with van der Waals surface area (Å²) in [6.45, 7) is 5.32. The number of esters is 1. The molecule has 0 fully saturated rings. The Labute approximate surface area is 178 Å². The van der Waals surface area contributed by atoms with Crippen molar-refractivity contribution in [1.29, 1.82) is 0 Å². The summed E-state index contributed by atoms with van der Waals surface area (Å²) in [5.74, 6) is -0.217. The minimum absolute atomic E-state index is 0.202. The van der Waals surface area contributed by atoms with E-state index in [0.717, 1.165) is 16.4 Å². The summed E-state index contributed by atoms with van der Waals surface area (Å²) in [5, 5.41) is 15.3. The van der Waals surface area contributed by atoms with Gasteiger partial charge in [-0.2, -0.15) is 0 Å². The number of methoxy groups -OCH3 is 3. The lowest BCUT2D eigenvalue weighted by Gasteiger charge is -2.21. The van der Waals surface area contributed by atoms with Gasteiger partial charge in [-0.3, -0.25) is 0 Å². The summed E-state index contributed by atoms with van der Waals surface area (Å²) >= 11 is 2.89. The van der Waals surface area contributed by atoms with E-state index in [2.05, 4.69) is 14.7 Å². The van der Waals surface area contributed by atoms with Crippen LogP contribution in [0, 0.1) is 5.92 Å². The molecule has 0 saturated heterocycles. The van der Waals surface area contributed by atoms with Gasteiger partial charge in [-0.15, -0.1) is 22.7 Å². The number of carbonyl (C=O) groups excluding carboxylic acids is 1. The molecule has 9 heteroatoms. The standard InChI is InChI=1S/C20H26N2O5S2/c1-12(16(26-5)9-17(23)27-6)15(25-4)8-7-13-10-28-18(21-13)14-11-29-19(22-14)20(2,3)24/h7-12,15,24H,1-6H3/b8-7+,16-9+/t12-,15-/m1/s1. The highest BCUT2D eigenvalue weighted by Gasteiger charge is 2.22. The monoisotopic (exact) mass is 438 g/mol. The van der Waals surface area contributed by atoms with Crippen molar-refractivity contribution in [2.45, 2.75) is 32.5 Å². The van der Waals surface area contributed by atoms with E-state index in [-0.39, 0.29) is 12.0 Å². The van der Waals surface area contributed by atoms with Crippen LogP contribution in [-0.4, -0.2) is 48.5 Å². The first-order valence-electron chi connectivity index (χ1n) is 8.88. The summed E-state index contributed by atoms with van der Waals surface area (Å²) in [7, 11) is 4.41. The third kappa shape index (κ3) is 6.20. The predicted octanol–water partition coefficient (Wildman–Crippen LogP) is 3.86. The lowest BCUT2D eigenvalue weighted by atomic mass is 10.0. The van der Waals surface area contributed by atoms with Crippen LogP contribution in [-0.2, 0) is 24.6 Å². The fourth-order valence-electron chi connectivity index (χ4n) is 2.49. The number of aromatic nitrogens is 2. The summed E-state index contributed by atoms with van der Waals surface area (Å²) in [6.07, 6.45) is 4.72. The van der Waals surface area contributed by atoms with Crippen LogP contribution in [0.25, 0.3) is 16.8 Å². The first kappa shape index (κ1) is 23.2. The summed E-state index contributed by atoms with van der Waals surface area (Å²) in [5.41, 5.74) is 0.547. The molecule has 2 rings (SSSR count). The molecule has 0 unspecified atom stereocenters. The van der Waals surface area contributed by atoms with Crippen molar-refractivity contribution in [2.75, 3.05) is 21.3 Å². The molecular weight excluding hydrogens is 412 g/mol. The van der Waals surface area contributed by atoms with Gasteiger partial charge in [0.25, 0.3) is 0 Å². The molecule has 1 N–H and O–H groups in total. The Bertz CT molecular complexity index is 880. The Morgan fingerprint density at radius 1 is 1.17 bits per heavy atom. The van der Waals surface area contributed by atoms with Crippen LogP contribution >= 0.6 is 22.7 Å². The number of carbonyl (C=O) groups is 1. The lowest BCUT2D eigenvalue weighted by molar-refractivity contribution is -0.135. The molecule has 0 bridgehead atoms. The van der Waals surface area contributed by atoms with Gasteiger partial charge in [0.1, 0.15) is 27.1 Å². The van der Waals surface area contributed by atoms with E-state index in [1.807, 2.05) is 29.8 Å². The average Bonchev–Trinajstić information content (AvgIpc) is 3.35. The molecule has 0 aliphatic rings. The molecule has 0 amide bonds. The number of ether oxygens (including phenoxy) is 3. The summed E-state index contributed by atoms with van der Waals surface area (Å²) < 4.78 is 15.5. The second-order valence-electron chi connectivity index (χ2n) is 6.80. The number of hydrogen-bond acceptors (Lipinski definition) is 9. The molecule has 29 heavy (non-hydrogen) atoms. The minimum atomic E-state index is -0.971. The first-order valence-corrected chi connectivity index (χ1v) is 10.6. The molecular formula is C20H26N2O5S2. The van der Waals surface area contributed by atoms with Crippen LogP contribution in [0.1, 0.15) is 31.5 Å². The zero-order valence-corrected chi connectivity index (χ0v) is 19.0. The van der Waals surface area contributed by atoms with Crippen molar-refractivity contribution in [3.05, 3.63) is 39.4 Å². The summed E-state index contributed by atoms with van der Waals surface area (Å²) in [6, 6.07) is 0. The van der Waals surface area contributed by atoms with Gasteiger partial charge < -0.3 is 19.3 Å². The molecule has 0 saturated carbocycles. The first-order chi connectivity index (χ1) is 13.7. The second-order valence-corrected chi connectivity index (χ2v) is 8.51. The molecule has 2 heterocycles. The fourth-order valence-corrected chi connectivity index (χ4v) is 4.14. The fraction of sp³-hybridized carbons (Fsp3) is 0.450. The van der Waals surface area contributed by atoms with E-state index in [1.165, 1.54) is 43.0 Å². The van der Waals surface area contributed by atoms with Crippen LogP contribution in [0.3, 0.4) is 0 Å². The van der Waals surface area contributed by atoms with Gasteiger partial charge in [-0.05, 0) is 19.9 Å². The Morgan fingerprint density at radius 2 is 1.90 bits per heavy atom. The van der Waals surface area contributed by atoms with Crippen molar-refractivity contribution in [3.63, 3.8) is 0 Å². The van der Waals surface area contributed by atoms with Crippen LogP contribution < -0.4 is 0 Å². The van der Waals surface area contributed by atoms with Gasteiger partial charge in [0.05, 0.1) is 32.1 Å². The van der Waals surface area contributed by atoms with Crippen LogP contribution in [0.2, 0.25) is 0 Å². The number of thiazole rings is 2. The molecule has 0 spiro atoms. The van der Waals surface area contributed by atoms with Crippen molar-refractivity contribution >= 4 is 34.7 Å².